The second kappa shape index (κ2) is 3.05. The molecule has 0 amide bonds. The zero-order valence-electron chi connectivity index (χ0n) is 7.78. The highest BCUT2D eigenvalue weighted by Gasteiger charge is 2.03. The zero-order chi connectivity index (χ0) is 9.26. The van der Waals surface area contributed by atoms with E-state index in [2.05, 4.69) is 23.3 Å². The quantitative estimate of drug-likeness (QED) is 0.643. The number of hydrogen-bond acceptors (Lipinski definition) is 1. The summed E-state index contributed by atoms with van der Waals surface area (Å²) in [5.74, 6) is 0. The lowest BCUT2D eigenvalue weighted by Crippen LogP contribution is -1.93. The van der Waals surface area contributed by atoms with Gasteiger partial charge in [-0.25, -0.2) is 0 Å². The maximum atomic E-state index is 4.25. The molecular weight excluding hydrogens is 160 g/mol. The minimum atomic E-state index is 0.932. The Balaban J connectivity index is 2.53. The van der Waals surface area contributed by atoms with Crippen LogP contribution in [0, 0.1) is 13.0 Å². The molecule has 2 rings (SSSR count). The van der Waals surface area contributed by atoms with Crippen molar-refractivity contribution in [3.8, 4) is 11.3 Å². The van der Waals surface area contributed by atoms with Crippen LogP contribution < -0.4 is 0 Å². The lowest BCUT2D eigenvalue weighted by molar-refractivity contribution is 0.764. The van der Waals surface area contributed by atoms with Crippen molar-refractivity contribution in [2.24, 2.45) is 7.05 Å². The van der Waals surface area contributed by atoms with E-state index in [4.69, 9.17) is 0 Å². The first-order chi connectivity index (χ1) is 6.27. The van der Waals surface area contributed by atoms with Crippen LogP contribution in [0.15, 0.2) is 30.3 Å². The molecule has 2 heteroatoms. The lowest BCUT2D eigenvalue weighted by Gasteiger charge is -1.99. The molecule has 0 saturated heterocycles. The van der Waals surface area contributed by atoms with Crippen molar-refractivity contribution in [2.45, 2.75) is 6.92 Å². The van der Waals surface area contributed by atoms with Crippen LogP contribution in [0.3, 0.4) is 0 Å². The molecule has 0 aliphatic carbocycles. The summed E-state index contributed by atoms with van der Waals surface area (Å²) in [5.41, 5.74) is 3.13. The van der Waals surface area contributed by atoms with Crippen molar-refractivity contribution in [1.82, 2.24) is 9.78 Å². The minimum absolute atomic E-state index is 0.932. The second-order valence-corrected chi connectivity index (χ2v) is 3.05. The van der Waals surface area contributed by atoms with Gasteiger partial charge in [0, 0.05) is 18.7 Å². The third-order valence-electron chi connectivity index (χ3n) is 1.97. The average molecular weight is 171 g/mol. The summed E-state index contributed by atoms with van der Waals surface area (Å²) >= 11 is 0. The molecule has 0 aliphatic heterocycles. The number of nitrogens with zero attached hydrogens (tertiary/aromatic N) is 2. The molecule has 0 fully saturated rings. The Hall–Kier alpha value is -1.57. The van der Waals surface area contributed by atoms with Gasteiger partial charge < -0.3 is 0 Å². The first-order valence-electron chi connectivity index (χ1n) is 4.26. The first kappa shape index (κ1) is 8.05. The molecule has 1 radical (unpaired) electrons. The number of benzene rings is 1. The Morgan fingerprint density at radius 2 is 1.92 bits per heavy atom. The Morgan fingerprint density at radius 3 is 2.46 bits per heavy atom. The largest absolute Gasteiger partial charge is 0.267 e. The second-order valence-electron chi connectivity index (χ2n) is 3.05. The smallest absolute Gasteiger partial charge is 0.0761 e. The molecule has 0 saturated carbocycles. The summed E-state index contributed by atoms with van der Waals surface area (Å²) in [4.78, 5) is 0. The molecule has 0 unspecified atom stereocenters. The molecule has 1 heterocycles. The number of rotatable bonds is 1. The predicted octanol–water partition coefficient (Wildman–Crippen LogP) is 2.20. The molecule has 13 heavy (non-hydrogen) atoms. The molecule has 1 aromatic carbocycles. The summed E-state index contributed by atoms with van der Waals surface area (Å²) in [7, 11) is 1.94. The zero-order valence-corrected chi connectivity index (χ0v) is 7.78. The standard InChI is InChI=1S/C11H11N2/c1-9-8-11(13(2)12-9)10-6-4-3-5-7-10/h3-7H,1-2H3. The van der Waals surface area contributed by atoms with Crippen LogP contribution in [0.2, 0.25) is 0 Å². The van der Waals surface area contributed by atoms with E-state index in [0.29, 0.717) is 0 Å². The minimum Gasteiger partial charge on any atom is -0.267 e. The highest BCUT2D eigenvalue weighted by molar-refractivity contribution is 5.58. The van der Waals surface area contributed by atoms with E-state index in [0.717, 1.165) is 17.0 Å². The van der Waals surface area contributed by atoms with Crippen LogP contribution in [0.4, 0.5) is 0 Å². The molecule has 1 aromatic heterocycles. The Labute approximate surface area is 77.8 Å². The first-order valence-corrected chi connectivity index (χ1v) is 4.26. The van der Waals surface area contributed by atoms with Crippen LogP contribution >= 0.6 is 0 Å². The fourth-order valence-electron chi connectivity index (χ4n) is 1.41. The molecule has 65 valence electrons. The van der Waals surface area contributed by atoms with E-state index >= 15 is 0 Å². The van der Waals surface area contributed by atoms with E-state index in [1.807, 2.05) is 36.9 Å². The van der Waals surface area contributed by atoms with E-state index in [1.165, 1.54) is 0 Å². The number of aromatic nitrogens is 2. The van der Waals surface area contributed by atoms with E-state index < -0.39 is 0 Å². The third kappa shape index (κ3) is 1.47. The molecule has 2 aromatic rings. The third-order valence-corrected chi connectivity index (χ3v) is 1.97. The average Bonchev–Trinajstić information content (AvgIpc) is 2.47. The van der Waals surface area contributed by atoms with Crippen molar-refractivity contribution in [3.05, 3.63) is 42.1 Å². The Bertz CT molecular complexity index is 401. The molecule has 0 spiro atoms. The fraction of sp³-hybridized carbons (Fsp3) is 0.182. The fourth-order valence-corrected chi connectivity index (χ4v) is 1.41. The summed E-state index contributed by atoms with van der Waals surface area (Å²) in [6.07, 6.45) is 0. The van der Waals surface area contributed by atoms with Gasteiger partial charge in [-0.3, -0.25) is 4.68 Å². The van der Waals surface area contributed by atoms with Crippen LogP contribution in [0.5, 0.6) is 0 Å². The molecule has 2 nitrogen and oxygen atoms in total. The van der Waals surface area contributed by atoms with Crippen LogP contribution in [-0.4, -0.2) is 9.78 Å². The SMILES string of the molecule is Cc1[c]c(-c2ccccc2)n(C)n1. The van der Waals surface area contributed by atoms with E-state index in [-0.39, 0.29) is 0 Å². The maximum Gasteiger partial charge on any atom is 0.0761 e. The summed E-state index contributed by atoms with van der Waals surface area (Å²) in [6, 6.07) is 13.4. The van der Waals surface area contributed by atoms with E-state index in [9.17, 15) is 0 Å². The van der Waals surface area contributed by atoms with Crippen LogP contribution in [0.1, 0.15) is 5.69 Å². The summed E-state index contributed by atoms with van der Waals surface area (Å²) < 4.78 is 1.85. The van der Waals surface area contributed by atoms with Crippen molar-refractivity contribution in [2.75, 3.05) is 0 Å². The lowest BCUT2D eigenvalue weighted by atomic mass is 10.1. The number of hydrogen-bond donors (Lipinski definition) is 0. The van der Waals surface area contributed by atoms with Gasteiger partial charge in [-0.15, -0.1) is 0 Å². The van der Waals surface area contributed by atoms with Crippen LogP contribution in [-0.2, 0) is 7.05 Å². The normalized spacial score (nSPS) is 10.3. The number of aryl methyl sites for hydroxylation is 2. The Kier molecular flexibility index (Phi) is 1.89. The van der Waals surface area contributed by atoms with Gasteiger partial charge in [0.05, 0.1) is 11.4 Å². The van der Waals surface area contributed by atoms with Gasteiger partial charge in [0.2, 0.25) is 0 Å². The highest BCUT2D eigenvalue weighted by atomic mass is 15.3. The van der Waals surface area contributed by atoms with Gasteiger partial charge in [0.15, 0.2) is 0 Å². The van der Waals surface area contributed by atoms with E-state index in [1.54, 1.807) is 0 Å². The Morgan fingerprint density at radius 1 is 1.23 bits per heavy atom. The topological polar surface area (TPSA) is 17.8 Å². The molecule has 0 N–H and O–H groups in total. The molecule has 0 bridgehead atoms. The molecular formula is C11H11N2. The van der Waals surface area contributed by atoms with Crippen molar-refractivity contribution < 1.29 is 0 Å². The van der Waals surface area contributed by atoms with Gasteiger partial charge in [-0.05, 0) is 6.92 Å². The highest BCUT2D eigenvalue weighted by Crippen LogP contribution is 2.17. The van der Waals surface area contributed by atoms with Crippen molar-refractivity contribution in [3.63, 3.8) is 0 Å². The van der Waals surface area contributed by atoms with Gasteiger partial charge in [0.1, 0.15) is 0 Å². The molecule has 0 atom stereocenters. The van der Waals surface area contributed by atoms with Crippen molar-refractivity contribution >= 4 is 0 Å². The molecule has 0 aliphatic rings. The van der Waals surface area contributed by atoms with Gasteiger partial charge in [0.25, 0.3) is 0 Å². The van der Waals surface area contributed by atoms with Gasteiger partial charge in [-0.2, -0.15) is 5.10 Å². The summed E-state index contributed by atoms with van der Waals surface area (Å²) in [5, 5.41) is 4.25. The van der Waals surface area contributed by atoms with Crippen LogP contribution in [0.25, 0.3) is 11.3 Å². The van der Waals surface area contributed by atoms with Crippen molar-refractivity contribution in [1.29, 1.82) is 0 Å². The predicted molar refractivity (Wildman–Crippen MR) is 52.2 cm³/mol. The van der Waals surface area contributed by atoms with Gasteiger partial charge in [-0.1, -0.05) is 30.3 Å². The summed E-state index contributed by atoms with van der Waals surface area (Å²) in [6.45, 7) is 1.95. The van der Waals surface area contributed by atoms with Gasteiger partial charge >= 0.3 is 0 Å². The monoisotopic (exact) mass is 171 g/mol. The maximum absolute atomic E-state index is 4.25.